The van der Waals surface area contributed by atoms with Gasteiger partial charge >= 0.3 is 0 Å². The van der Waals surface area contributed by atoms with Gasteiger partial charge in [0.25, 0.3) is 5.91 Å². The molecule has 1 aromatic carbocycles. The van der Waals surface area contributed by atoms with E-state index in [1.54, 1.807) is 4.90 Å². The molecule has 1 unspecified atom stereocenters. The normalized spacial score (nSPS) is 20.2. The highest BCUT2D eigenvalue weighted by molar-refractivity contribution is 7.13. The number of nitrogens with one attached hydrogen (secondary N) is 1. The summed E-state index contributed by atoms with van der Waals surface area (Å²) in [5.41, 5.74) is 1.37. The third kappa shape index (κ3) is 5.21. The Labute approximate surface area is 178 Å². The molecule has 2 fully saturated rings. The van der Waals surface area contributed by atoms with Gasteiger partial charge in [0.05, 0.1) is 24.8 Å². The topological polar surface area (TPSA) is 74.8 Å². The second-order valence-electron chi connectivity index (χ2n) is 7.62. The van der Waals surface area contributed by atoms with E-state index in [1.165, 1.54) is 35.6 Å². The van der Waals surface area contributed by atoms with Gasteiger partial charge in [-0.15, -0.1) is 11.3 Å². The van der Waals surface area contributed by atoms with Gasteiger partial charge in [0.15, 0.2) is 5.13 Å². The summed E-state index contributed by atoms with van der Waals surface area (Å²) in [7, 11) is 0. The maximum absolute atomic E-state index is 13.1. The molecule has 7 nitrogen and oxygen atoms in total. The molecular formula is C21H25FN4O3S. The van der Waals surface area contributed by atoms with E-state index < -0.39 is 0 Å². The number of piperidine rings is 1. The predicted octanol–water partition coefficient (Wildman–Crippen LogP) is 2.61. The van der Waals surface area contributed by atoms with Crippen LogP contribution in [0.25, 0.3) is 0 Å². The largest absolute Gasteiger partial charge is 0.379 e. The Morgan fingerprint density at radius 2 is 1.97 bits per heavy atom. The lowest BCUT2D eigenvalue weighted by atomic mass is 9.96. The van der Waals surface area contributed by atoms with Gasteiger partial charge in [-0.05, 0) is 37.1 Å². The fourth-order valence-corrected chi connectivity index (χ4v) is 4.49. The zero-order valence-corrected chi connectivity index (χ0v) is 17.5. The molecule has 2 amide bonds. The van der Waals surface area contributed by atoms with Crippen molar-refractivity contribution in [3.8, 4) is 0 Å². The number of hydrogen-bond donors (Lipinski definition) is 1. The number of morpholine rings is 1. The number of rotatable bonds is 5. The van der Waals surface area contributed by atoms with E-state index in [-0.39, 0.29) is 23.5 Å². The molecular weight excluding hydrogens is 407 g/mol. The molecule has 3 heterocycles. The van der Waals surface area contributed by atoms with Gasteiger partial charge in [-0.25, -0.2) is 9.37 Å². The Morgan fingerprint density at radius 3 is 2.73 bits per heavy atom. The van der Waals surface area contributed by atoms with E-state index in [0.29, 0.717) is 23.8 Å². The van der Waals surface area contributed by atoms with Crippen LogP contribution < -0.4 is 5.32 Å². The summed E-state index contributed by atoms with van der Waals surface area (Å²) in [6, 6.07) is 5.51. The van der Waals surface area contributed by atoms with Gasteiger partial charge in [-0.2, -0.15) is 0 Å². The van der Waals surface area contributed by atoms with Crippen LogP contribution in [-0.2, 0) is 16.1 Å². The molecule has 1 aromatic heterocycles. The van der Waals surface area contributed by atoms with Crippen LogP contribution in [0.15, 0.2) is 29.6 Å². The molecule has 160 valence electrons. The van der Waals surface area contributed by atoms with E-state index in [2.05, 4.69) is 15.2 Å². The SMILES string of the molecule is O=C(Nc1nc(CN2CCOCC2)cs1)C1CCCN(C(=O)c2ccc(F)cc2)C1. The summed E-state index contributed by atoms with van der Waals surface area (Å²) < 4.78 is 18.5. The first kappa shape index (κ1) is 20.9. The standard InChI is InChI=1S/C21H25FN4O3S/c22-17-5-3-15(4-6-17)20(28)26-7-1-2-16(12-26)19(27)24-21-23-18(14-30-21)13-25-8-10-29-11-9-25/h3-6,14,16H,1-2,7-13H2,(H,23,24,27). The summed E-state index contributed by atoms with van der Waals surface area (Å²) in [5.74, 6) is -0.943. The minimum absolute atomic E-state index is 0.112. The van der Waals surface area contributed by atoms with Gasteiger partial charge in [0.2, 0.25) is 5.91 Å². The zero-order valence-electron chi connectivity index (χ0n) is 16.7. The molecule has 2 aliphatic heterocycles. The number of thiazole rings is 1. The molecule has 2 saturated heterocycles. The Balaban J connectivity index is 1.32. The number of hydrogen-bond acceptors (Lipinski definition) is 6. The number of carbonyl (C=O) groups excluding carboxylic acids is 2. The third-order valence-electron chi connectivity index (χ3n) is 5.44. The maximum atomic E-state index is 13.1. The Hall–Kier alpha value is -2.36. The van der Waals surface area contributed by atoms with Crippen LogP contribution >= 0.6 is 11.3 Å². The van der Waals surface area contributed by atoms with Crippen molar-refractivity contribution in [3.63, 3.8) is 0 Å². The lowest BCUT2D eigenvalue weighted by molar-refractivity contribution is -0.121. The van der Waals surface area contributed by atoms with Crippen molar-refractivity contribution < 1.29 is 18.7 Å². The number of halogens is 1. The van der Waals surface area contributed by atoms with Crippen molar-refractivity contribution in [1.29, 1.82) is 0 Å². The van der Waals surface area contributed by atoms with E-state index in [0.717, 1.165) is 51.4 Å². The molecule has 1 atom stereocenters. The smallest absolute Gasteiger partial charge is 0.253 e. The summed E-state index contributed by atoms with van der Waals surface area (Å²) in [5, 5.41) is 5.47. The van der Waals surface area contributed by atoms with Gasteiger partial charge in [-0.1, -0.05) is 0 Å². The molecule has 2 aliphatic rings. The average Bonchev–Trinajstić information content (AvgIpc) is 3.21. The molecule has 0 bridgehead atoms. The van der Waals surface area contributed by atoms with Crippen molar-refractivity contribution in [2.45, 2.75) is 19.4 Å². The third-order valence-corrected chi connectivity index (χ3v) is 6.25. The molecule has 0 radical (unpaired) electrons. The Morgan fingerprint density at radius 1 is 1.20 bits per heavy atom. The molecule has 2 aromatic rings. The highest BCUT2D eigenvalue weighted by Gasteiger charge is 2.29. The minimum atomic E-state index is -0.376. The van der Waals surface area contributed by atoms with Crippen molar-refractivity contribution in [3.05, 3.63) is 46.7 Å². The Bertz CT molecular complexity index is 883. The molecule has 4 rings (SSSR count). The maximum Gasteiger partial charge on any atom is 0.253 e. The minimum Gasteiger partial charge on any atom is -0.379 e. The number of ether oxygens (including phenoxy) is 1. The molecule has 0 saturated carbocycles. The van der Waals surface area contributed by atoms with Crippen molar-refractivity contribution in [2.75, 3.05) is 44.7 Å². The van der Waals surface area contributed by atoms with E-state index in [1.807, 2.05) is 5.38 Å². The van der Waals surface area contributed by atoms with Crippen LogP contribution in [0.4, 0.5) is 9.52 Å². The Kier molecular flexibility index (Phi) is 6.71. The second kappa shape index (κ2) is 9.63. The summed E-state index contributed by atoms with van der Waals surface area (Å²) in [4.78, 5) is 33.9. The molecule has 0 aliphatic carbocycles. The van der Waals surface area contributed by atoms with Gasteiger partial charge in [0.1, 0.15) is 5.82 Å². The van der Waals surface area contributed by atoms with Crippen LogP contribution in [0.2, 0.25) is 0 Å². The van der Waals surface area contributed by atoms with Gasteiger partial charge < -0.3 is 15.0 Å². The van der Waals surface area contributed by atoms with Gasteiger partial charge in [0, 0.05) is 43.7 Å². The first-order chi connectivity index (χ1) is 14.6. The van der Waals surface area contributed by atoms with E-state index >= 15 is 0 Å². The number of anilines is 1. The molecule has 9 heteroatoms. The lowest BCUT2D eigenvalue weighted by Gasteiger charge is -2.32. The number of benzene rings is 1. The number of likely N-dealkylation sites (tertiary alicyclic amines) is 1. The number of amides is 2. The number of aromatic nitrogens is 1. The summed E-state index contributed by atoms with van der Waals surface area (Å²) in [6.07, 6.45) is 1.48. The fourth-order valence-electron chi connectivity index (χ4n) is 3.78. The quantitative estimate of drug-likeness (QED) is 0.786. The molecule has 0 spiro atoms. The second-order valence-corrected chi connectivity index (χ2v) is 8.48. The fraction of sp³-hybridized carbons (Fsp3) is 0.476. The van der Waals surface area contributed by atoms with Crippen molar-refractivity contribution >= 4 is 28.3 Å². The van der Waals surface area contributed by atoms with Gasteiger partial charge in [-0.3, -0.25) is 14.5 Å². The van der Waals surface area contributed by atoms with Crippen LogP contribution in [0.1, 0.15) is 28.9 Å². The van der Waals surface area contributed by atoms with E-state index in [9.17, 15) is 14.0 Å². The zero-order chi connectivity index (χ0) is 20.9. The van der Waals surface area contributed by atoms with Crippen molar-refractivity contribution in [2.24, 2.45) is 5.92 Å². The van der Waals surface area contributed by atoms with Crippen LogP contribution in [-0.4, -0.2) is 66.0 Å². The van der Waals surface area contributed by atoms with Crippen LogP contribution in [0.5, 0.6) is 0 Å². The van der Waals surface area contributed by atoms with Crippen LogP contribution in [0.3, 0.4) is 0 Å². The first-order valence-corrected chi connectivity index (χ1v) is 11.1. The van der Waals surface area contributed by atoms with E-state index in [4.69, 9.17) is 4.74 Å². The lowest BCUT2D eigenvalue weighted by Crippen LogP contribution is -2.43. The highest BCUT2D eigenvalue weighted by Crippen LogP contribution is 2.23. The molecule has 1 N–H and O–H groups in total. The first-order valence-electron chi connectivity index (χ1n) is 10.2. The van der Waals surface area contributed by atoms with Crippen molar-refractivity contribution in [1.82, 2.24) is 14.8 Å². The number of carbonyl (C=O) groups is 2. The highest BCUT2D eigenvalue weighted by atomic mass is 32.1. The summed E-state index contributed by atoms with van der Waals surface area (Å²) >= 11 is 1.42. The molecule has 30 heavy (non-hydrogen) atoms. The monoisotopic (exact) mass is 432 g/mol. The van der Waals surface area contributed by atoms with Crippen LogP contribution in [0, 0.1) is 11.7 Å². The average molecular weight is 433 g/mol. The summed E-state index contributed by atoms with van der Waals surface area (Å²) in [6.45, 7) is 4.96. The number of nitrogens with zero attached hydrogens (tertiary/aromatic N) is 3. The predicted molar refractivity (Wildman–Crippen MR) is 112 cm³/mol.